The molecule has 0 bridgehead atoms. The topological polar surface area (TPSA) is 40.5 Å². The zero-order chi connectivity index (χ0) is 13.9. The van der Waals surface area contributed by atoms with Gasteiger partial charge >= 0.3 is 0 Å². The lowest BCUT2D eigenvalue weighted by atomic mass is 10.1. The molecule has 2 rings (SSSR count). The Balaban J connectivity index is 2.10. The van der Waals surface area contributed by atoms with Crippen molar-refractivity contribution in [1.82, 2.24) is 4.90 Å². The Hall–Kier alpha value is -1.32. The third kappa shape index (κ3) is 3.58. The number of rotatable bonds is 6. The van der Waals surface area contributed by atoms with E-state index in [1.165, 1.54) is 6.08 Å². The molecule has 102 valence electrons. The highest BCUT2D eigenvalue weighted by molar-refractivity contribution is 6.30. The minimum Gasteiger partial charge on any atom is -0.396 e. The molecule has 0 heterocycles. The van der Waals surface area contributed by atoms with Crippen molar-refractivity contribution >= 4 is 17.5 Å². The zero-order valence-electron chi connectivity index (χ0n) is 10.8. The van der Waals surface area contributed by atoms with Crippen LogP contribution in [-0.4, -0.2) is 29.1 Å². The molecule has 4 heteroatoms. The molecule has 1 aromatic rings. The van der Waals surface area contributed by atoms with Crippen molar-refractivity contribution in [3.8, 4) is 0 Å². The van der Waals surface area contributed by atoms with Gasteiger partial charge in [0.05, 0.1) is 6.61 Å². The molecule has 1 saturated carbocycles. The molecular weight excluding hydrogens is 262 g/mol. The van der Waals surface area contributed by atoms with Gasteiger partial charge in [0, 0.05) is 23.5 Å². The molecule has 0 aromatic heterocycles. The molecule has 0 atom stereocenters. The quantitative estimate of drug-likeness (QED) is 0.813. The van der Waals surface area contributed by atoms with Crippen molar-refractivity contribution in [1.29, 1.82) is 0 Å². The van der Waals surface area contributed by atoms with Crippen molar-refractivity contribution in [3.63, 3.8) is 0 Å². The van der Waals surface area contributed by atoms with Gasteiger partial charge in [0.2, 0.25) is 5.91 Å². The highest BCUT2D eigenvalue weighted by Crippen LogP contribution is 2.45. The van der Waals surface area contributed by atoms with Crippen LogP contribution in [0.15, 0.2) is 36.9 Å². The van der Waals surface area contributed by atoms with E-state index in [2.05, 4.69) is 6.58 Å². The molecular formula is C15H18ClNO2. The molecule has 0 aliphatic heterocycles. The molecule has 1 aromatic carbocycles. The van der Waals surface area contributed by atoms with Gasteiger partial charge in [-0.05, 0) is 36.6 Å². The van der Waals surface area contributed by atoms with Gasteiger partial charge in [-0.3, -0.25) is 4.79 Å². The molecule has 1 amide bonds. The maximum atomic E-state index is 11.9. The van der Waals surface area contributed by atoms with E-state index in [-0.39, 0.29) is 17.9 Å². The smallest absolute Gasteiger partial charge is 0.246 e. The maximum Gasteiger partial charge on any atom is 0.246 e. The molecule has 1 N–H and O–H groups in total. The summed E-state index contributed by atoms with van der Waals surface area (Å²) in [5, 5.41) is 10.0. The Labute approximate surface area is 118 Å². The standard InChI is InChI=1S/C15H18ClNO2/c1-2-14(19)17(10-15(11-18)6-7-15)9-12-4-3-5-13(16)8-12/h2-5,8,18H,1,6-7,9-11H2. The summed E-state index contributed by atoms with van der Waals surface area (Å²) >= 11 is 5.95. The average molecular weight is 280 g/mol. The summed E-state index contributed by atoms with van der Waals surface area (Å²) in [5.41, 5.74) is 0.883. The van der Waals surface area contributed by atoms with Gasteiger partial charge in [-0.1, -0.05) is 30.3 Å². The van der Waals surface area contributed by atoms with Crippen molar-refractivity contribution in [2.45, 2.75) is 19.4 Å². The van der Waals surface area contributed by atoms with E-state index in [0.717, 1.165) is 18.4 Å². The number of amides is 1. The number of aliphatic hydroxyl groups excluding tert-OH is 1. The zero-order valence-corrected chi connectivity index (χ0v) is 11.6. The SMILES string of the molecule is C=CC(=O)N(Cc1cccc(Cl)c1)CC1(CO)CC1. The van der Waals surface area contributed by atoms with Crippen molar-refractivity contribution in [2.24, 2.45) is 5.41 Å². The van der Waals surface area contributed by atoms with Crippen LogP contribution in [0.3, 0.4) is 0 Å². The number of hydrogen-bond donors (Lipinski definition) is 1. The van der Waals surface area contributed by atoms with E-state index in [1.54, 1.807) is 11.0 Å². The molecule has 3 nitrogen and oxygen atoms in total. The summed E-state index contributed by atoms with van der Waals surface area (Å²) in [4.78, 5) is 13.6. The van der Waals surface area contributed by atoms with E-state index in [0.29, 0.717) is 18.1 Å². The third-order valence-corrected chi connectivity index (χ3v) is 3.80. The lowest BCUT2D eigenvalue weighted by molar-refractivity contribution is -0.127. The van der Waals surface area contributed by atoms with Crippen LogP contribution in [0.2, 0.25) is 5.02 Å². The summed E-state index contributed by atoms with van der Waals surface area (Å²) in [5.74, 6) is -0.111. The number of benzene rings is 1. The molecule has 1 aliphatic rings. The van der Waals surface area contributed by atoms with E-state index in [4.69, 9.17) is 11.6 Å². The summed E-state index contributed by atoms with van der Waals surface area (Å²) < 4.78 is 0. The Morgan fingerprint density at radius 1 is 1.53 bits per heavy atom. The first-order chi connectivity index (χ1) is 9.08. The van der Waals surface area contributed by atoms with E-state index in [9.17, 15) is 9.90 Å². The Morgan fingerprint density at radius 2 is 2.26 bits per heavy atom. The molecule has 0 radical (unpaired) electrons. The first-order valence-electron chi connectivity index (χ1n) is 6.35. The number of hydrogen-bond acceptors (Lipinski definition) is 2. The van der Waals surface area contributed by atoms with Crippen molar-refractivity contribution in [3.05, 3.63) is 47.5 Å². The van der Waals surface area contributed by atoms with Gasteiger partial charge < -0.3 is 10.0 Å². The van der Waals surface area contributed by atoms with Crippen LogP contribution < -0.4 is 0 Å². The van der Waals surface area contributed by atoms with Crippen LogP contribution in [0.1, 0.15) is 18.4 Å². The Kier molecular flexibility index (Phi) is 4.27. The molecule has 1 aliphatic carbocycles. The number of halogens is 1. The van der Waals surface area contributed by atoms with E-state index < -0.39 is 0 Å². The highest BCUT2D eigenvalue weighted by Gasteiger charge is 2.43. The minimum atomic E-state index is -0.111. The van der Waals surface area contributed by atoms with Crippen LogP contribution in [0.4, 0.5) is 0 Å². The van der Waals surface area contributed by atoms with E-state index >= 15 is 0 Å². The maximum absolute atomic E-state index is 11.9. The second kappa shape index (κ2) is 5.76. The Morgan fingerprint density at radius 3 is 2.79 bits per heavy atom. The monoisotopic (exact) mass is 279 g/mol. The first-order valence-corrected chi connectivity index (χ1v) is 6.73. The Bertz CT molecular complexity index is 483. The highest BCUT2D eigenvalue weighted by atomic mass is 35.5. The van der Waals surface area contributed by atoms with Crippen LogP contribution in [0.25, 0.3) is 0 Å². The predicted octanol–water partition coefficient (Wildman–Crippen LogP) is 2.63. The van der Waals surface area contributed by atoms with Gasteiger partial charge in [-0.2, -0.15) is 0 Å². The summed E-state index contributed by atoms with van der Waals surface area (Å²) in [6.45, 7) is 4.73. The van der Waals surface area contributed by atoms with Crippen molar-refractivity contribution in [2.75, 3.05) is 13.2 Å². The second-order valence-corrected chi connectivity index (χ2v) is 5.62. The van der Waals surface area contributed by atoms with Gasteiger partial charge in [0.1, 0.15) is 0 Å². The molecule has 1 fully saturated rings. The third-order valence-electron chi connectivity index (χ3n) is 3.57. The molecule has 0 saturated heterocycles. The first kappa shape index (κ1) is 14.1. The largest absolute Gasteiger partial charge is 0.396 e. The number of carbonyl (C=O) groups is 1. The molecule has 0 unspecified atom stereocenters. The number of carbonyl (C=O) groups excluding carboxylic acids is 1. The fourth-order valence-electron chi connectivity index (χ4n) is 2.14. The second-order valence-electron chi connectivity index (χ2n) is 5.19. The predicted molar refractivity (Wildman–Crippen MR) is 75.8 cm³/mol. The van der Waals surface area contributed by atoms with Crippen LogP contribution >= 0.6 is 11.6 Å². The normalized spacial score (nSPS) is 15.9. The number of nitrogens with zero attached hydrogens (tertiary/aromatic N) is 1. The summed E-state index contributed by atoms with van der Waals surface area (Å²) in [6, 6.07) is 7.46. The summed E-state index contributed by atoms with van der Waals surface area (Å²) in [7, 11) is 0. The van der Waals surface area contributed by atoms with Crippen LogP contribution in [-0.2, 0) is 11.3 Å². The fraction of sp³-hybridized carbons (Fsp3) is 0.400. The lowest BCUT2D eigenvalue weighted by Crippen LogP contribution is -2.35. The van der Waals surface area contributed by atoms with Crippen LogP contribution in [0.5, 0.6) is 0 Å². The van der Waals surface area contributed by atoms with Gasteiger partial charge in [0.15, 0.2) is 0 Å². The number of aliphatic hydroxyl groups is 1. The average Bonchev–Trinajstić information content (AvgIpc) is 3.17. The van der Waals surface area contributed by atoms with Crippen molar-refractivity contribution < 1.29 is 9.90 Å². The molecule has 19 heavy (non-hydrogen) atoms. The van der Waals surface area contributed by atoms with Gasteiger partial charge in [0.25, 0.3) is 0 Å². The lowest BCUT2D eigenvalue weighted by Gasteiger charge is -2.26. The van der Waals surface area contributed by atoms with Gasteiger partial charge in [-0.25, -0.2) is 0 Å². The molecule has 0 spiro atoms. The fourth-order valence-corrected chi connectivity index (χ4v) is 2.36. The van der Waals surface area contributed by atoms with Gasteiger partial charge in [-0.15, -0.1) is 0 Å². The minimum absolute atomic E-state index is 0.1000. The summed E-state index contributed by atoms with van der Waals surface area (Å²) in [6.07, 6.45) is 3.26. The van der Waals surface area contributed by atoms with E-state index in [1.807, 2.05) is 18.2 Å². The van der Waals surface area contributed by atoms with Crippen LogP contribution in [0, 0.1) is 5.41 Å².